The molecule has 4 nitrogen and oxygen atoms in total. The quantitative estimate of drug-likeness (QED) is 0.529. The Labute approximate surface area is 184 Å². The average molecular weight is 433 g/mol. The van der Waals surface area contributed by atoms with Crippen LogP contribution < -0.4 is 4.83 Å². The van der Waals surface area contributed by atoms with Crippen molar-refractivity contribution in [1.82, 2.24) is 4.83 Å². The van der Waals surface area contributed by atoms with Gasteiger partial charge in [-0.3, -0.25) is 0 Å². The first-order valence-corrected chi connectivity index (χ1v) is 13.0. The van der Waals surface area contributed by atoms with E-state index >= 15 is 0 Å². The summed E-state index contributed by atoms with van der Waals surface area (Å²) < 4.78 is 27.1. The lowest BCUT2D eigenvalue weighted by molar-refractivity contribution is -0.0342. The number of hydrazone groups is 1. The Morgan fingerprint density at radius 2 is 1.53 bits per heavy atom. The minimum Gasteiger partial charge on any atom is -0.200 e. The zero-order chi connectivity index (χ0) is 22.6. The topological polar surface area (TPSA) is 58.5 Å². The maximum Gasteiger partial charge on any atom is 0.277 e. The van der Waals surface area contributed by atoms with Crippen molar-refractivity contribution in [2.75, 3.05) is 0 Å². The minimum absolute atomic E-state index is 0.112. The summed E-state index contributed by atoms with van der Waals surface area (Å²) in [5.41, 5.74) is 4.20. The molecule has 0 amide bonds. The number of sulfonamides is 1. The zero-order valence-corrected chi connectivity index (χ0v) is 21.0. The highest BCUT2D eigenvalue weighted by Crippen LogP contribution is 2.60. The molecule has 2 unspecified atom stereocenters. The molecule has 30 heavy (non-hydrogen) atoms. The summed E-state index contributed by atoms with van der Waals surface area (Å²) in [5.74, 6) is 2.24. The third kappa shape index (κ3) is 3.94. The molecule has 3 aliphatic carbocycles. The molecule has 0 aliphatic heterocycles. The Morgan fingerprint density at radius 1 is 1.00 bits per heavy atom. The summed E-state index contributed by atoms with van der Waals surface area (Å²) in [6.45, 7) is 19.4. The Hall–Kier alpha value is -1.36. The minimum atomic E-state index is -3.75. The summed E-state index contributed by atoms with van der Waals surface area (Å²) in [6, 6.07) is 4.15. The maximum absolute atomic E-state index is 13.6. The van der Waals surface area contributed by atoms with E-state index in [0.29, 0.717) is 22.6 Å². The molecule has 1 aromatic carbocycles. The van der Waals surface area contributed by atoms with E-state index in [2.05, 4.69) is 84.4 Å². The van der Waals surface area contributed by atoms with Crippen LogP contribution in [0.5, 0.6) is 0 Å². The first kappa shape index (κ1) is 23.3. The van der Waals surface area contributed by atoms with E-state index in [9.17, 15) is 8.42 Å². The van der Waals surface area contributed by atoms with Crippen LogP contribution in [-0.2, 0) is 10.0 Å². The van der Waals surface area contributed by atoms with E-state index in [1.54, 1.807) is 0 Å². The smallest absolute Gasteiger partial charge is 0.200 e. The molecule has 1 aromatic rings. The molecule has 5 heteroatoms. The largest absolute Gasteiger partial charge is 0.277 e. The lowest BCUT2D eigenvalue weighted by Crippen LogP contribution is -2.56. The SMILES string of the molecule is CC(C)c1cc(C(C)C)c(S(=O)(=O)N/N=C2\C[C@H](C)C3CC2C3(C)C)c(C(C)C)c1. The highest BCUT2D eigenvalue weighted by Gasteiger charge is 2.56. The van der Waals surface area contributed by atoms with Gasteiger partial charge in [-0.05, 0) is 64.5 Å². The summed E-state index contributed by atoms with van der Waals surface area (Å²) in [4.78, 5) is 3.08. The molecule has 3 aliphatic rings. The normalized spacial score (nSPS) is 27.1. The van der Waals surface area contributed by atoms with Crippen LogP contribution in [0.3, 0.4) is 0 Å². The van der Waals surface area contributed by atoms with E-state index in [1.807, 2.05) is 0 Å². The molecule has 168 valence electrons. The second-order valence-corrected chi connectivity index (χ2v) is 12.7. The van der Waals surface area contributed by atoms with Crippen LogP contribution in [0.2, 0.25) is 0 Å². The second kappa shape index (κ2) is 7.96. The van der Waals surface area contributed by atoms with Gasteiger partial charge in [0.2, 0.25) is 0 Å². The molecule has 4 rings (SSSR count). The molecule has 0 radical (unpaired) electrons. The lowest BCUT2D eigenvalue weighted by atomic mass is 9.45. The van der Waals surface area contributed by atoms with Crippen LogP contribution in [0.25, 0.3) is 0 Å². The summed E-state index contributed by atoms with van der Waals surface area (Å²) in [6.07, 6.45) is 2.02. The van der Waals surface area contributed by atoms with Gasteiger partial charge in [0.25, 0.3) is 10.0 Å². The van der Waals surface area contributed by atoms with Crippen LogP contribution in [0.4, 0.5) is 0 Å². The van der Waals surface area contributed by atoms with Gasteiger partial charge in [-0.25, -0.2) is 4.83 Å². The summed E-state index contributed by atoms with van der Waals surface area (Å²) in [5, 5.41) is 4.53. The highest BCUT2D eigenvalue weighted by atomic mass is 32.2. The van der Waals surface area contributed by atoms with Gasteiger partial charge in [-0.2, -0.15) is 13.5 Å². The van der Waals surface area contributed by atoms with Crippen LogP contribution in [-0.4, -0.2) is 14.1 Å². The number of nitrogens with one attached hydrogen (secondary N) is 1. The van der Waals surface area contributed by atoms with E-state index in [4.69, 9.17) is 0 Å². The number of fused-ring (bicyclic) bond motifs is 2. The molecule has 1 N–H and O–H groups in total. The van der Waals surface area contributed by atoms with Crippen molar-refractivity contribution in [3.05, 3.63) is 28.8 Å². The lowest BCUT2D eigenvalue weighted by Gasteiger charge is -2.59. The molecule has 3 atom stereocenters. The molecule has 3 fully saturated rings. The number of rotatable bonds is 6. The van der Waals surface area contributed by atoms with Gasteiger partial charge in [-0.15, -0.1) is 0 Å². The van der Waals surface area contributed by atoms with Crippen LogP contribution in [0, 0.1) is 23.2 Å². The Morgan fingerprint density at radius 3 is 1.93 bits per heavy atom. The first-order chi connectivity index (χ1) is 13.8. The zero-order valence-electron chi connectivity index (χ0n) is 20.2. The van der Waals surface area contributed by atoms with Gasteiger partial charge in [0, 0.05) is 11.6 Å². The Balaban J connectivity index is 2.04. The summed E-state index contributed by atoms with van der Waals surface area (Å²) >= 11 is 0. The van der Waals surface area contributed by atoms with Crippen molar-refractivity contribution in [2.24, 2.45) is 28.3 Å². The van der Waals surface area contributed by atoms with E-state index < -0.39 is 10.0 Å². The van der Waals surface area contributed by atoms with Crippen LogP contribution >= 0.6 is 0 Å². The van der Waals surface area contributed by atoms with Crippen LogP contribution in [0.15, 0.2) is 22.1 Å². The predicted octanol–water partition coefficient (Wildman–Crippen LogP) is 6.39. The molecule has 0 spiro atoms. The molecular formula is C25H40N2O2S. The van der Waals surface area contributed by atoms with Gasteiger partial charge in [0.15, 0.2) is 0 Å². The van der Waals surface area contributed by atoms with Crippen molar-refractivity contribution >= 4 is 15.7 Å². The Kier molecular flexibility index (Phi) is 6.18. The molecule has 0 saturated heterocycles. The molecule has 2 bridgehead atoms. The standard InChI is InChI=1S/C25H40N2O2S/c1-14(2)18-11-19(15(3)4)24(20(12-18)16(5)6)30(28,29)27-26-23-10-17(7)21-13-22(23)25(21,8)9/h11-12,14-17,21-22,27H,10,13H2,1-9H3/b26-23+/t17-,21?,22?/m0/s1. The fourth-order valence-corrected chi connectivity index (χ4v) is 7.13. The number of hydrogen-bond donors (Lipinski definition) is 1. The molecule has 0 heterocycles. The van der Waals surface area contributed by atoms with Crippen molar-refractivity contribution in [3.8, 4) is 0 Å². The predicted molar refractivity (Wildman–Crippen MR) is 126 cm³/mol. The fourth-order valence-electron chi connectivity index (χ4n) is 5.59. The van der Waals surface area contributed by atoms with Gasteiger partial charge < -0.3 is 0 Å². The van der Waals surface area contributed by atoms with E-state index in [-0.39, 0.29) is 17.3 Å². The van der Waals surface area contributed by atoms with Gasteiger partial charge in [-0.1, -0.05) is 74.4 Å². The Bertz CT molecular complexity index is 913. The van der Waals surface area contributed by atoms with Gasteiger partial charge in [0.1, 0.15) is 0 Å². The monoisotopic (exact) mass is 432 g/mol. The first-order valence-electron chi connectivity index (χ1n) is 11.5. The van der Waals surface area contributed by atoms with Gasteiger partial charge in [0.05, 0.1) is 4.90 Å². The number of benzene rings is 1. The van der Waals surface area contributed by atoms with Crippen molar-refractivity contribution in [3.63, 3.8) is 0 Å². The molecule has 3 saturated carbocycles. The van der Waals surface area contributed by atoms with E-state index in [1.165, 1.54) is 5.56 Å². The van der Waals surface area contributed by atoms with Gasteiger partial charge >= 0.3 is 0 Å². The van der Waals surface area contributed by atoms with Crippen molar-refractivity contribution in [1.29, 1.82) is 0 Å². The number of hydrogen-bond acceptors (Lipinski definition) is 3. The summed E-state index contributed by atoms with van der Waals surface area (Å²) in [7, 11) is -3.75. The van der Waals surface area contributed by atoms with Crippen molar-refractivity contribution in [2.45, 2.75) is 97.8 Å². The third-order valence-electron chi connectivity index (χ3n) is 7.62. The van der Waals surface area contributed by atoms with Crippen molar-refractivity contribution < 1.29 is 8.42 Å². The molecule has 0 aromatic heterocycles. The third-order valence-corrected chi connectivity index (χ3v) is 8.96. The number of nitrogens with zero attached hydrogens (tertiary/aromatic N) is 1. The molecular weight excluding hydrogens is 392 g/mol. The highest BCUT2D eigenvalue weighted by molar-refractivity contribution is 7.89. The van der Waals surface area contributed by atoms with Crippen LogP contribution in [0.1, 0.15) is 110 Å². The fraction of sp³-hybridized carbons (Fsp3) is 0.720. The second-order valence-electron chi connectivity index (χ2n) is 11.1. The maximum atomic E-state index is 13.6. The average Bonchev–Trinajstić information content (AvgIpc) is 2.64. The van der Waals surface area contributed by atoms with E-state index in [0.717, 1.165) is 35.6 Å².